The predicted octanol–water partition coefficient (Wildman–Crippen LogP) is 1.15. The molecule has 17 heavy (non-hydrogen) atoms. The van der Waals surface area contributed by atoms with Gasteiger partial charge in [-0.05, 0) is 24.2 Å². The number of hydrogen-bond donors (Lipinski definition) is 2. The Morgan fingerprint density at radius 1 is 1.53 bits per heavy atom. The topological polar surface area (TPSA) is 83.5 Å². The first kappa shape index (κ1) is 13.5. The molecule has 0 radical (unpaired) electrons. The molecule has 4 unspecified atom stereocenters. The van der Waals surface area contributed by atoms with Crippen LogP contribution in [0.15, 0.2) is 0 Å². The van der Waals surface area contributed by atoms with E-state index in [4.69, 9.17) is 4.55 Å². The predicted molar refractivity (Wildman–Crippen MR) is 66.2 cm³/mol. The Bertz CT molecular complexity index is 465. The molecule has 2 aliphatic rings. The molecule has 4 atom stereocenters. The molecule has 0 aliphatic heterocycles. The van der Waals surface area contributed by atoms with Gasteiger partial charge in [-0.3, -0.25) is 9.35 Å². The number of hydrogen-bond acceptors (Lipinski definition) is 3. The number of carbonyl (C=O) groups excluding carboxylic acids is 1. The molecule has 7 heteroatoms. The van der Waals surface area contributed by atoms with Gasteiger partial charge in [0.05, 0.1) is 4.83 Å². The van der Waals surface area contributed by atoms with E-state index in [0.29, 0.717) is 0 Å². The average Bonchev–Trinajstić information content (AvgIpc) is 2.53. The van der Waals surface area contributed by atoms with Gasteiger partial charge in [0.15, 0.2) is 5.78 Å². The summed E-state index contributed by atoms with van der Waals surface area (Å²) in [5, 5.41) is 0. The van der Waals surface area contributed by atoms with Crippen molar-refractivity contribution in [2.45, 2.75) is 31.5 Å². The van der Waals surface area contributed by atoms with Gasteiger partial charge in [-0.15, -0.1) is 0 Å². The van der Waals surface area contributed by atoms with Crippen LogP contribution >= 0.6 is 15.9 Å². The summed E-state index contributed by atoms with van der Waals surface area (Å²) < 4.78 is 32.5. The Kier molecular flexibility index (Phi) is 2.97. The van der Waals surface area contributed by atoms with Crippen LogP contribution in [0, 0.1) is 16.7 Å². The zero-order valence-electron chi connectivity index (χ0n) is 9.73. The van der Waals surface area contributed by atoms with Gasteiger partial charge in [-0.2, -0.15) is 13.1 Å². The summed E-state index contributed by atoms with van der Waals surface area (Å²) in [4.78, 5) is 11.9. The Morgan fingerprint density at radius 2 is 2.12 bits per heavy atom. The minimum Gasteiger partial charge on any atom is -0.298 e. The summed E-state index contributed by atoms with van der Waals surface area (Å²) in [6.45, 7) is 3.91. The highest BCUT2D eigenvalue weighted by Crippen LogP contribution is 2.65. The van der Waals surface area contributed by atoms with Crippen molar-refractivity contribution in [2.24, 2.45) is 16.7 Å². The van der Waals surface area contributed by atoms with Crippen LogP contribution in [0.5, 0.6) is 0 Å². The summed E-state index contributed by atoms with van der Waals surface area (Å²) in [7, 11) is -4.21. The summed E-state index contributed by atoms with van der Waals surface area (Å²) in [6.07, 6.45) is 1.68. The van der Waals surface area contributed by atoms with Gasteiger partial charge < -0.3 is 0 Å². The van der Waals surface area contributed by atoms with Gasteiger partial charge in [0, 0.05) is 12.0 Å². The van der Waals surface area contributed by atoms with E-state index in [1.807, 2.05) is 13.8 Å². The normalized spacial score (nSPS) is 45.5. The second-order valence-corrected chi connectivity index (χ2v) is 7.68. The summed E-state index contributed by atoms with van der Waals surface area (Å²) in [5.74, 6) is 0.266. The third kappa shape index (κ3) is 1.78. The highest BCUT2D eigenvalue weighted by atomic mass is 79.9. The Hall–Kier alpha value is 0.0200. The van der Waals surface area contributed by atoms with Gasteiger partial charge in [0.2, 0.25) is 0 Å². The minimum absolute atomic E-state index is 0.0981. The molecule has 98 valence electrons. The average molecular weight is 326 g/mol. The lowest BCUT2D eigenvalue weighted by Gasteiger charge is -2.36. The first-order chi connectivity index (χ1) is 7.62. The van der Waals surface area contributed by atoms with E-state index in [9.17, 15) is 13.2 Å². The third-order valence-electron chi connectivity index (χ3n) is 4.80. The van der Waals surface area contributed by atoms with Crippen LogP contribution in [-0.4, -0.2) is 30.1 Å². The molecule has 0 aromatic carbocycles. The maximum Gasteiger partial charge on any atom is 0.333 e. The van der Waals surface area contributed by atoms with Crippen molar-refractivity contribution in [2.75, 3.05) is 6.54 Å². The Morgan fingerprint density at radius 3 is 2.53 bits per heavy atom. The first-order valence-corrected chi connectivity index (χ1v) is 7.88. The van der Waals surface area contributed by atoms with Crippen molar-refractivity contribution in [3.8, 4) is 0 Å². The fourth-order valence-corrected chi connectivity index (χ4v) is 5.22. The molecule has 2 fully saturated rings. The lowest BCUT2D eigenvalue weighted by Crippen LogP contribution is -2.44. The number of fused-ring (bicyclic) bond motifs is 2. The third-order valence-corrected chi connectivity index (χ3v) is 6.37. The van der Waals surface area contributed by atoms with Crippen LogP contribution in [0.4, 0.5) is 0 Å². The number of nitrogens with one attached hydrogen (secondary N) is 1. The van der Waals surface area contributed by atoms with Crippen LogP contribution in [-0.2, 0) is 15.1 Å². The van der Waals surface area contributed by atoms with Crippen molar-refractivity contribution in [1.29, 1.82) is 0 Å². The fourth-order valence-electron chi connectivity index (χ4n) is 3.39. The number of carbonyl (C=O) groups is 1. The summed E-state index contributed by atoms with van der Waals surface area (Å²) in [5.41, 5.74) is -0.947. The molecule has 2 N–H and O–H groups in total. The van der Waals surface area contributed by atoms with E-state index in [1.54, 1.807) is 0 Å². The quantitative estimate of drug-likeness (QED) is 0.602. The van der Waals surface area contributed by atoms with E-state index in [2.05, 4.69) is 20.7 Å². The van der Waals surface area contributed by atoms with Gasteiger partial charge in [-0.1, -0.05) is 29.8 Å². The monoisotopic (exact) mass is 325 g/mol. The molecular formula is C10H16BrNO4S. The van der Waals surface area contributed by atoms with E-state index in [1.165, 1.54) is 0 Å². The largest absolute Gasteiger partial charge is 0.333 e. The molecule has 2 saturated carbocycles. The maximum absolute atomic E-state index is 12.1. The highest BCUT2D eigenvalue weighted by molar-refractivity contribution is 9.10. The molecular weight excluding hydrogens is 310 g/mol. The van der Waals surface area contributed by atoms with E-state index in [-0.39, 0.29) is 23.1 Å². The van der Waals surface area contributed by atoms with Crippen molar-refractivity contribution >= 4 is 32.0 Å². The van der Waals surface area contributed by atoms with Crippen LogP contribution in [0.25, 0.3) is 0 Å². The Balaban J connectivity index is 2.29. The smallest absolute Gasteiger partial charge is 0.298 e. The van der Waals surface area contributed by atoms with E-state index < -0.39 is 21.1 Å². The zero-order valence-corrected chi connectivity index (χ0v) is 12.1. The van der Waals surface area contributed by atoms with Gasteiger partial charge in [0.1, 0.15) is 0 Å². The van der Waals surface area contributed by atoms with E-state index in [0.717, 1.165) is 12.8 Å². The van der Waals surface area contributed by atoms with Crippen LogP contribution < -0.4 is 4.72 Å². The second kappa shape index (κ2) is 3.76. The van der Waals surface area contributed by atoms with Crippen molar-refractivity contribution in [3.05, 3.63) is 0 Å². The number of alkyl halides is 1. The molecule has 0 heterocycles. The SMILES string of the molecule is CC12CCC(C(Br)C1=O)C2(C)CNS(=O)(=O)O. The van der Waals surface area contributed by atoms with Crippen LogP contribution in [0.1, 0.15) is 26.7 Å². The summed E-state index contributed by atoms with van der Waals surface area (Å²) >= 11 is 3.40. The number of halogens is 1. The minimum atomic E-state index is -4.21. The lowest BCUT2D eigenvalue weighted by atomic mass is 9.69. The molecule has 2 rings (SSSR count). The molecule has 2 aliphatic carbocycles. The van der Waals surface area contributed by atoms with E-state index >= 15 is 0 Å². The number of rotatable bonds is 3. The van der Waals surface area contributed by atoms with Crippen molar-refractivity contribution in [3.63, 3.8) is 0 Å². The standard InChI is InChI=1S/C10H16BrNO4S/c1-9-4-3-6(7(11)8(9)13)10(9,2)5-12-17(14,15)16/h6-7,12H,3-5H2,1-2H3,(H,14,15,16). The van der Waals surface area contributed by atoms with Crippen LogP contribution in [0.2, 0.25) is 0 Å². The number of Topliss-reactive ketones (excluding diaryl/α,β-unsaturated/α-hetero) is 1. The second-order valence-electron chi connectivity index (χ2n) is 5.46. The van der Waals surface area contributed by atoms with Gasteiger partial charge in [0.25, 0.3) is 0 Å². The van der Waals surface area contributed by atoms with Crippen molar-refractivity contribution < 1.29 is 17.8 Å². The van der Waals surface area contributed by atoms with Crippen molar-refractivity contribution in [1.82, 2.24) is 4.72 Å². The zero-order chi connectivity index (χ0) is 13.1. The van der Waals surface area contributed by atoms with Gasteiger partial charge in [-0.25, -0.2) is 0 Å². The molecule has 2 bridgehead atoms. The fraction of sp³-hybridized carbons (Fsp3) is 0.900. The highest BCUT2D eigenvalue weighted by Gasteiger charge is 2.67. The molecule has 0 amide bonds. The maximum atomic E-state index is 12.1. The van der Waals surface area contributed by atoms with Crippen LogP contribution in [0.3, 0.4) is 0 Å². The molecule has 0 saturated heterocycles. The number of ketones is 1. The molecule has 5 nitrogen and oxygen atoms in total. The Labute approximate surface area is 109 Å². The summed E-state index contributed by atoms with van der Waals surface area (Å²) in [6, 6.07) is 0. The molecule has 0 spiro atoms. The lowest BCUT2D eigenvalue weighted by molar-refractivity contribution is -0.127. The molecule has 0 aromatic heterocycles. The first-order valence-electron chi connectivity index (χ1n) is 5.52. The molecule has 0 aromatic rings. The van der Waals surface area contributed by atoms with Gasteiger partial charge >= 0.3 is 10.3 Å².